The van der Waals surface area contributed by atoms with Crippen LogP contribution in [0.25, 0.3) is 0 Å². The Morgan fingerprint density at radius 3 is 2.53 bits per heavy atom. The number of hydrogen-bond acceptors (Lipinski definition) is 3. The number of rotatable bonds is 6. The van der Waals surface area contributed by atoms with E-state index in [1.165, 1.54) is 42.1 Å². The van der Waals surface area contributed by atoms with Crippen molar-refractivity contribution in [1.82, 2.24) is 4.31 Å². The molecule has 2 aliphatic rings. The Morgan fingerprint density at radius 1 is 1.07 bits per heavy atom. The molecule has 1 aliphatic heterocycles. The molecule has 1 heterocycles. The molecule has 5 nitrogen and oxygen atoms in total. The van der Waals surface area contributed by atoms with Gasteiger partial charge in [-0.2, -0.15) is 4.31 Å². The standard InChI is InChI=1S/C23H27FN2O3S/c24-20-7-10-22(11-8-20)30(28,29)26-14-13-18-6-9-21(15-19(18)16-26)25-23(27)12-5-17-3-1-2-4-17/h6-11,15,17H,1-5,12-14,16H2,(H,25,27). The summed E-state index contributed by atoms with van der Waals surface area (Å²) >= 11 is 0. The summed E-state index contributed by atoms with van der Waals surface area (Å²) in [7, 11) is -3.70. The number of nitrogens with zero attached hydrogens (tertiary/aromatic N) is 1. The normalized spacial score (nSPS) is 17.6. The van der Waals surface area contributed by atoms with Gasteiger partial charge in [0.2, 0.25) is 15.9 Å². The number of carbonyl (C=O) groups excluding carboxylic acids is 1. The van der Waals surface area contributed by atoms with E-state index in [4.69, 9.17) is 0 Å². The second kappa shape index (κ2) is 8.86. The predicted octanol–water partition coefficient (Wildman–Crippen LogP) is 4.48. The highest BCUT2D eigenvalue weighted by molar-refractivity contribution is 7.89. The Labute approximate surface area is 177 Å². The number of fused-ring (bicyclic) bond motifs is 1. The van der Waals surface area contributed by atoms with Gasteiger partial charge in [0, 0.05) is 25.2 Å². The van der Waals surface area contributed by atoms with Crippen LogP contribution in [0.2, 0.25) is 0 Å². The van der Waals surface area contributed by atoms with Crippen LogP contribution in [0.5, 0.6) is 0 Å². The van der Waals surface area contributed by atoms with Gasteiger partial charge in [0.1, 0.15) is 5.82 Å². The summed E-state index contributed by atoms with van der Waals surface area (Å²) in [5, 5.41) is 2.96. The Hall–Kier alpha value is -2.25. The Kier molecular flexibility index (Phi) is 6.20. The van der Waals surface area contributed by atoms with E-state index in [-0.39, 0.29) is 17.3 Å². The maximum atomic E-state index is 13.2. The molecule has 0 aromatic heterocycles. The van der Waals surface area contributed by atoms with Crippen LogP contribution >= 0.6 is 0 Å². The smallest absolute Gasteiger partial charge is 0.243 e. The SMILES string of the molecule is O=C(CCC1CCCC1)Nc1ccc2c(c1)CN(S(=O)(=O)c1ccc(F)cc1)CC2. The zero-order valence-electron chi connectivity index (χ0n) is 16.9. The van der Waals surface area contributed by atoms with Crippen LogP contribution in [0.1, 0.15) is 49.7 Å². The first kappa shape index (κ1) is 21.0. The van der Waals surface area contributed by atoms with Gasteiger partial charge in [-0.05, 0) is 66.3 Å². The number of benzene rings is 2. The number of nitrogens with one attached hydrogen (secondary N) is 1. The number of amides is 1. The molecule has 0 atom stereocenters. The van der Waals surface area contributed by atoms with Gasteiger partial charge < -0.3 is 5.32 Å². The van der Waals surface area contributed by atoms with Crippen LogP contribution < -0.4 is 5.32 Å². The van der Waals surface area contributed by atoms with E-state index < -0.39 is 15.8 Å². The van der Waals surface area contributed by atoms with E-state index in [0.29, 0.717) is 31.0 Å². The highest BCUT2D eigenvalue weighted by Crippen LogP contribution is 2.29. The van der Waals surface area contributed by atoms with Crippen LogP contribution in [0.4, 0.5) is 10.1 Å². The average Bonchev–Trinajstić information content (AvgIpc) is 3.26. The van der Waals surface area contributed by atoms with Crippen molar-refractivity contribution in [2.24, 2.45) is 5.92 Å². The summed E-state index contributed by atoms with van der Waals surface area (Å²) in [4.78, 5) is 12.4. The fraction of sp³-hybridized carbons (Fsp3) is 0.435. The van der Waals surface area contributed by atoms with Gasteiger partial charge in [0.05, 0.1) is 4.90 Å². The minimum absolute atomic E-state index is 0.00782. The third-order valence-corrected chi connectivity index (χ3v) is 8.03. The molecule has 0 spiro atoms. The van der Waals surface area contributed by atoms with Gasteiger partial charge in [-0.15, -0.1) is 0 Å². The number of sulfonamides is 1. The van der Waals surface area contributed by atoms with Crippen molar-refractivity contribution in [2.45, 2.75) is 56.4 Å². The zero-order chi connectivity index (χ0) is 21.1. The van der Waals surface area contributed by atoms with Crippen molar-refractivity contribution in [3.63, 3.8) is 0 Å². The first-order valence-electron chi connectivity index (χ1n) is 10.6. The molecule has 4 rings (SSSR count). The fourth-order valence-corrected chi connectivity index (χ4v) is 5.85. The molecule has 2 aromatic carbocycles. The van der Waals surface area contributed by atoms with Crippen molar-refractivity contribution in [2.75, 3.05) is 11.9 Å². The lowest BCUT2D eigenvalue weighted by molar-refractivity contribution is -0.116. The summed E-state index contributed by atoms with van der Waals surface area (Å²) in [5.41, 5.74) is 2.68. The van der Waals surface area contributed by atoms with Gasteiger partial charge in [0.15, 0.2) is 0 Å². The van der Waals surface area contributed by atoms with Gasteiger partial charge in [-0.1, -0.05) is 31.7 Å². The monoisotopic (exact) mass is 430 g/mol. The quantitative estimate of drug-likeness (QED) is 0.735. The molecule has 7 heteroatoms. The van der Waals surface area contributed by atoms with Crippen LogP contribution in [0.3, 0.4) is 0 Å². The number of anilines is 1. The summed E-state index contributed by atoms with van der Waals surface area (Å²) in [6, 6.07) is 10.6. The topological polar surface area (TPSA) is 66.5 Å². The Morgan fingerprint density at radius 2 is 1.80 bits per heavy atom. The highest BCUT2D eigenvalue weighted by atomic mass is 32.2. The fourth-order valence-electron chi connectivity index (χ4n) is 4.43. The van der Waals surface area contributed by atoms with E-state index in [1.807, 2.05) is 18.2 Å². The summed E-state index contributed by atoms with van der Waals surface area (Å²) < 4.78 is 40.4. The lowest BCUT2D eigenvalue weighted by Crippen LogP contribution is -2.36. The summed E-state index contributed by atoms with van der Waals surface area (Å²) in [6.45, 7) is 0.612. The molecule has 0 saturated heterocycles. The van der Waals surface area contributed by atoms with E-state index in [9.17, 15) is 17.6 Å². The van der Waals surface area contributed by atoms with Crippen molar-refractivity contribution in [3.05, 3.63) is 59.4 Å². The maximum absolute atomic E-state index is 13.2. The van der Waals surface area contributed by atoms with Gasteiger partial charge in [-0.25, -0.2) is 12.8 Å². The van der Waals surface area contributed by atoms with Gasteiger partial charge >= 0.3 is 0 Å². The molecular weight excluding hydrogens is 403 g/mol. The van der Waals surface area contributed by atoms with Crippen molar-refractivity contribution in [1.29, 1.82) is 0 Å². The molecule has 160 valence electrons. The van der Waals surface area contributed by atoms with Crippen LogP contribution in [-0.2, 0) is 27.8 Å². The second-order valence-corrected chi connectivity index (χ2v) is 10.2. The van der Waals surface area contributed by atoms with Gasteiger partial charge in [-0.3, -0.25) is 4.79 Å². The second-order valence-electron chi connectivity index (χ2n) is 8.26. The Bertz CT molecular complexity index is 1020. The van der Waals surface area contributed by atoms with Crippen LogP contribution in [-0.4, -0.2) is 25.2 Å². The molecule has 1 N–H and O–H groups in total. The van der Waals surface area contributed by atoms with E-state index in [2.05, 4.69) is 5.32 Å². The summed E-state index contributed by atoms with van der Waals surface area (Å²) in [6.07, 6.45) is 7.05. The van der Waals surface area contributed by atoms with Crippen LogP contribution in [0.15, 0.2) is 47.4 Å². The maximum Gasteiger partial charge on any atom is 0.243 e. The largest absolute Gasteiger partial charge is 0.326 e. The van der Waals surface area contributed by atoms with E-state index in [1.54, 1.807) is 0 Å². The third-order valence-electron chi connectivity index (χ3n) is 6.17. The third kappa shape index (κ3) is 4.73. The molecule has 0 bridgehead atoms. The average molecular weight is 431 g/mol. The molecule has 0 radical (unpaired) electrons. The van der Waals surface area contributed by atoms with Crippen molar-refractivity contribution < 1.29 is 17.6 Å². The number of carbonyl (C=O) groups is 1. The van der Waals surface area contributed by atoms with E-state index >= 15 is 0 Å². The Balaban J connectivity index is 1.42. The molecule has 2 aromatic rings. The van der Waals surface area contributed by atoms with Crippen LogP contribution in [0, 0.1) is 11.7 Å². The minimum Gasteiger partial charge on any atom is -0.326 e. The summed E-state index contributed by atoms with van der Waals surface area (Å²) in [5.74, 6) is 0.212. The van der Waals surface area contributed by atoms with Crippen molar-refractivity contribution >= 4 is 21.6 Å². The molecule has 1 amide bonds. The zero-order valence-corrected chi connectivity index (χ0v) is 17.8. The number of hydrogen-bond donors (Lipinski definition) is 1. The molecule has 1 aliphatic carbocycles. The predicted molar refractivity (Wildman–Crippen MR) is 114 cm³/mol. The lowest BCUT2D eigenvalue weighted by atomic mass is 10.00. The first-order chi connectivity index (χ1) is 14.4. The molecular formula is C23H27FN2O3S. The van der Waals surface area contributed by atoms with Gasteiger partial charge in [0.25, 0.3) is 0 Å². The minimum atomic E-state index is -3.70. The van der Waals surface area contributed by atoms with Crippen molar-refractivity contribution in [3.8, 4) is 0 Å². The number of halogens is 1. The molecule has 1 fully saturated rings. The van der Waals surface area contributed by atoms with E-state index in [0.717, 1.165) is 29.7 Å². The first-order valence-corrected chi connectivity index (χ1v) is 12.0. The highest BCUT2D eigenvalue weighted by Gasteiger charge is 2.28. The lowest BCUT2D eigenvalue weighted by Gasteiger charge is -2.28. The molecule has 0 unspecified atom stereocenters. The molecule has 1 saturated carbocycles. The molecule has 30 heavy (non-hydrogen) atoms.